The molecular weight excluding hydrogens is 266 g/mol. The van der Waals surface area contributed by atoms with E-state index in [2.05, 4.69) is 57.9 Å². The van der Waals surface area contributed by atoms with E-state index in [1.807, 2.05) is 0 Å². The number of aliphatic imine (C=N–C) groups is 1. The summed E-state index contributed by atoms with van der Waals surface area (Å²) in [5, 5.41) is 0. The van der Waals surface area contributed by atoms with Crippen LogP contribution in [0.5, 0.6) is 0 Å². The maximum absolute atomic E-state index is 5.85. The Hall–Kier alpha value is -1.03. The number of benzene rings is 1. The summed E-state index contributed by atoms with van der Waals surface area (Å²) in [4.78, 5) is 6.44. The zero-order valence-electron chi connectivity index (χ0n) is 9.57. The number of halogens is 1. The Balaban J connectivity index is 2.28. The van der Waals surface area contributed by atoms with Crippen molar-refractivity contribution in [3.8, 4) is 0 Å². The van der Waals surface area contributed by atoms with Gasteiger partial charge in [0, 0.05) is 11.0 Å². The average molecular weight is 282 g/mol. The molecule has 0 saturated carbocycles. The van der Waals surface area contributed by atoms with Gasteiger partial charge >= 0.3 is 0 Å². The first kappa shape index (κ1) is 11.5. The Morgan fingerprint density at radius 3 is 2.94 bits per heavy atom. The van der Waals surface area contributed by atoms with Gasteiger partial charge in [0.25, 0.3) is 0 Å². The van der Waals surface area contributed by atoms with Crippen LogP contribution in [0.4, 0.5) is 0 Å². The van der Waals surface area contributed by atoms with Gasteiger partial charge in [-0.05, 0) is 31.0 Å². The molecule has 0 fully saturated rings. The van der Waals surface area contributed by atoms with Gasteiger partial charge in [-0.2, -0.15) is 0 Å². The van der Waals surface area contributed by atoms with Gasteiger partial charge in [-0.15, -0.1) is 0 Å². The lowest BCUT2D eigenvalue weighted by molar-refractivity contribution is 0.364. The second kappa shape index (κ2) is 4.45. The Kier molecular flexibility index (Phi) is 3.19. The number of aryl methyl sites for hydroxylation is 1. The van der Waals surface area contributed by atoms with Crippen molar-refractivity contribution < 1.29 is 0 Å². The first-order chi connectivity index (χ1) is 7.63. The molecule has 1 aromatic carbocycles. The second-order valence-electron chi connectivity index (χ2n) is 4.01. The van der Waals surface area contributed by atoms with Crippen LogP contribution in [-0.4, -0.2) is 23.9 Å². The SMILES string of the molecule is CCN1C(N)=NCC1c1ccc(C)c(Br)c1. The molecule has 4 heteroatoms. The second-order valence-corrected chi connectivity index (χ2v) is 4.86. The lowest BCUT2D eigenvalue weighted by atomic mass is 10.0. The molecule has 0 radical (unpaired) electrons. The number of nitrogens with zero attached hydrogens (tertiary/aromatic N) is 2. The molecule has 0 saturated heterocycles. The highest BCUT2D eigenvalue weighted by molar-refractivity contribution is 9.10. The molecule has 1 atom stereocenters. The minimum atomic E-state index is 0.293. The number of guanidine groups is 1. The van der Waals surface area contributed by atoms with Crippen molar-refractivity contribution >= 4 is 21.9 Å². The van der Waals surface area contributed by atoms with Gasteiger partial charge in [0.05, 0.1) is 12.6 Å². The minimum Gasteiger partial charge on any atom is -0.370 e. The average Bonchev–Trinajstić information content (AvgIpc) is 2.63. The van der Waals surface area contributed by atoms with Gasteiger partial charge in [-0.25, -0.2) is 0 Å². The van der Waals surface area contributed by atoms with E-state index in [9.17, 15) is 0 Å². The van der Waals surface area contributed by atoms with Crippen LogP contribution >= 0.6 is 15.9 Å². The van der Waals surface area contributed by atoms with Crippen LogP contribution in [0, 0.1) is 6.92 Å². The molecule has 86 valence electrons. The zero-order valence-corrected chi connectivity index (χ0v) is 11.2. The highest BCUT2D eigenvalue weighted by atomic mass is 79.9. The van der Waals surface area contributed by atoms with Crippen molar-refractivity contribution in [1.29, 1.82) is 0 Å². The predicted octanol–water partition coefficient (Wildman–Crippen LogP) is 2.45. The van der Waals surface area contributed by atoms with Crippen molar-refractivity contribution in [2.75, 3.05) is 13.1 Å². The highest BCUT2D eigenvalue weighted by Crippen LogP contribution is 2.28. The number of nitrogens with two attached hydrogens (primary N) is 1. The van der Waals surface area contributed by atoms with Gasteiger partial charge in [0.15, 0.2) is 5.96 Å². The standard InChI is InChI=1S/C12H16BrN3/c1-3-16-11(7-15-12(16)14)9-5-4-8(2)10(13)6-9/h4-6,11H,3,7H2,1-2H3,(H2,14,15). The van der Waals surface area contributed by atoms with Gasteiger partial charge in [-0.1, -0.05) is 28.1 Å². The molecule has 1 aliphatic rings. The summed E-state index contributed by atoms with van der Waals surface area (Å²) < 4.78 is 1.14. The van der Waals surface area contributed by atoms with Crippen LogP contribution in [0.25, 0.3) is 0 Å². The molecule has 0 amide bonds. The summed E-state index contributed by atoms with van der Waals surface area (Å²) in [6, 6.07) is 6.74. The van der Waals surface area contributed by atoms with Crippen molar-refractivity contribution in [1.82, 2.24) is 4.90 Å². The monoisotopic (exact) mass is 281 g/mol. The van der Waals surface area contributed by atoms with Crippen LogP contribution < -0.4 is 5.73 Å². The van der Waals surface area contributed by atoms with Crippen LogP contribution in [0.15, 0.2) is 27.7 Å². The summed E-state index contributed by atoms with van der Waals surface area (Å²) >= 11 is 3.56. The van der Waals surface area contributed by atoms with Crippen LogP contribution in [0.3, 0.4) is 0 Å². The lowest BCUT2D eigenvalue weighted by Crippen LogP contribution is -2.35. The summed E-state index contributed by atoms with van der Waals surface area (Å²) in [6.45, 7) is 5.84. The molecule has 1 aromatic rings. The summed E-state index contributed by atoms with van der Waals surface area (Å²) in [6.07, 6.45) is 0. The van der Waals surface area contributed by atoms with Gasteiger partial charge < -0.3 is 10.6 Å². The van der Waals surface area contributed by atoms with E-state index < -0.39 is 0 Å². The van der Waals surface area contributed by atoms with E-state index in [0.29, 0.717) is 12.0 Å². The van der Waals surface area contributed by atoms with E-state index in [4.69, 9.17) is 5.73 Å². The van der Waals surface area contributed by atoms with E-state index >= 15 is 0 Å². The fourth-order valence-electron chi connectivity index (χ4n) is 2.01. The summed E-state index contributed by atoms with van der Waals surface area (Å²) in [5.74, 6) is 0.657. The van der Waals surface area contributed by atoms with Crippen LogP contribution in [0.2, 0.25) is 0 Å². The lowest BCUT2D eigenvalue weighted by Gasteiger charge is -2.25. The van der Waals surface area contributed by atoms with Gasteiger partial charge in [0.2, 0.25) is 0 Å². The number of hydrogen-bond donors (Lipinski definition) is 1. The fourth-order valence-corrected chi connectivity index (χ4v) is 2.41. The van der Waals surface area contributed by atoms with E-state index in [0.717, 1.165) is 17.6 Å². The molecular formula is C12H16BrN3. The third-order valence-electron chi connectivity index (χ3n) is 3.02. The minimum absolute atomic E-state index is 0.293. The van der Waals surface area contributed by atoms with Crippen LogP contribution in [-0.2, 0) is 0 Å². The summed E-state index contributed by atoms with van der Waals surface area (Å²) in [5.41, 5.74) is 8.37. The van der Waals surface area contributed by atoms with Crippen molar-refractivity contribution in [3.63, 3.8) is 0 Å². The van der Waals surface area contributed by atoms with Crippen LogP contribution in [0.1, 0.15) is 24.1 Å². The van der Waals surface area contributed by atoms with E-state index in [-0.39, 0.29) is 0 Å². The van der Waals surface area contributed by atoms with E-state index in [1.165, 1.54) is 11.1 Å². The Bertz CT molecular complexity index is 428. The normalized spacial score (nSPS) is 20.1. The molecule has 2 N–H and O–H groups in total. The predicted molar refractivity (Wildman–Crippen MR) is 70.5 cm³/mol. The molecule has 0 aliphatic carbocycles. The Labute approximate surface area is 104 Å². The maximum atomic E-state index is 5.85. The smallest absolute Gasteiger partial charge is 0.191 e. The molecule has 1 aliphatic heterocycles. The number of hydrogen-bond acceptors (Lipinski definition) is 3. The molecule has 16 heavy (non-hydrogen) atoms. The maximum Gasteiger partial charge on any atom is 0.191 e. The molecule has 0 aromatic heterocycles. The third kappa shape index (κ3) is 1.94. The van der Waals surface area contributed by atoms with Gasteiger partial charge in [0.1, 0.15) is 0 Å². The van der Waals surface area contributed by atoms with E-state index in [1.54, 1.807) is 0 Å². The van der Waals surface area contributed by atoms with Crippen molar-refractivity contribution in [2.45, 2.75) is 19.9 Å². The number of rotatable bonds is 2. The highest BCUT2D eigenvalue weighted by Gasteiger charge is 2.25. The Morgan fingerprint density at radius 2 is 2.31 bits per heavy atom. The first-order valence-electron chi connectivity index (χ1n) is 5.46. The zero-order chi connectivity index (χ0) is 11.7. The molecule has 0 spiro atoms. The summed E-state index contributed by atoms with van der Waals surface area (Å²) in [7, 11) is 0. The molecule has 3 nitrogen and oxygen atoms in total. The third-order valence-corrected chi connectivity index (χ3v) is 3.87. The Morgan fingerprint density at radius 1 is 1.56 bits per heavy atom. The quantitative estimate of drug-likeness (QED) is 0.905. The van der Waals surface area contributed by atoms with Gasteiger partial charge in [-0.3, -0.25) is 4.99 Å². The largest absolute Gasteiger partial charge is 0.370 e. The van der Waals surface area contributed by atoms with Crippen molar-refractivity contribution in [2.24, 2.45) is 10.7 Å². The first-order valence-corrected chi connectivity index (χ1v) is 6.25. The number of likely N-dealkylation sites (N-methyl/N-ethyl adjacent to an activating group) is 1. The molecule has 0 bridgehead atoms. The fraction of sp³-hybridized carbons (Fsp3) is 0.417. The molecule has 1 unspecified atom stereocenters. The molecule has 1 heterocycles. The topological polar surface area (TPSA) is 41.6 Å². The van der Waals surface area contributed by atoms with Crippen molar-refractivity contribution in [3.05, 3.63) is 33.8 Å². The molecule has 2 rings (SSSR count).